The Hall–Kier alpha value is -0.500. The Morgan fingerprint density at radius 1 is 1.06 bits per heavy atom. The molecule has 0 aliphatic heterocycles. The van der Waals surface area contributed by atoms with Crippen molar-refractivity contribution in [2.24, 2.45) is 5.73 Å². The largest absolute Gasteiger partial charge is 0.495 e. The highest BCUT2D eigenvalue weighted by atomic mass is 16.5. The van der Waals surface area contributed by atoms with Crippen LogP contribution in [0.4, 0.5) is 0 Å². The maximum Gasteiger partial charge on any atom is 0.0979 e. The summed E-state index contributed by atoms with van der Waals surface area (Å²) in [5, 5.41) is 0. The topological polar surface area (TPSA) is 35.2 Å². The number of hydrogen-bond donors (Lipinski definition) is 1. The van der Waals surface area contributed by atoms with Gasteiger partial charge >= 0.3 is 0 Å². The van der Waals surface area contributed by atoms with Crippen LogP contribution >= 0.6 is 0 Å². The van der Waals surface area contributed by atoms with E-state index in [0.29, 0.717) is 6.10 Å². The van der Waals surface area contributed by atoms with Crippen molar-refractivity contribution in [3.05, 3.63) is 12.3 Å². The van der Waals surface area contributed by atoms with E-state index in [1.807, 2.05) is 0 Å². The van der Waals surface area contributed by atoms with E-state index in [4.69, 9.17) is 10.5 Å². The SMILES string of the molecule is C=C(CCCCCCN)OC(CC)CCCCC. The van der Waals surface area contributed by atoms with Crippen molar-refractivity contribution in [2.75, 3.05) is 6.54 Å². The summed E-state index contributed by atoms with van der Waals surface area (Å²) in [7, 11) is 0. The Balaban J connectivity index is 3.56. The lowest BCUT2D eigenvalue weighted by Crippen LogP contribution is -2.11. The van der Waals surface area contributed by atoms with E-state index in [1.165, 1.54) is 44.9 Å². The molecule has 0 aliphatic rings. The minimum atomic E-state index is 0.382. The first kappa shape index (κ1) is 17.5. The molecule has 0 aliphatic carbocycles. The molecule has 1 atom stereocenters. The standard InChI is InChI=1S/C16H33NO/c1-4-6-9-13-16(5-2)18-15(3)12-10-7-8-11-14-17/h16H,3-14,17H2,1-2H3. The van der Waals surface area contributed by atoms with E-state index in [0.717, 1.165) is 31.6 Å². The first-order chi connectivity index (χ1) is 8.74. The molecule has 0 bridgehead atoms. The number of nitrogens with two attached hydrogens (primary N) is 1. The molecule has 0 radical (unpaired) electrons. The highest BCUT2D eigenvalue weighted by Crippen LogP contribution is 2.17. The third-order valence-corrected chi connectivity index (χ3v) is 3.33. The molecule has 0 aromatic rings. The molecule has 2 heteroatoms. The van der Waals surface area contributed by atoms with Crippen molar-refractivity contribution in [1.29, 1.82) is 0 Å². The zero-order valence-electron chi connectivity index (χ0n) is 12.5. The summed E-state index contributed by atoms with van der Waals surface area (Å²) >= 11 is 0. The van der Waals surface area contributed by atoms with Gasteiger partial charge in [0.2, 0.25) is 0 Å². The van der Waals surface area contributed by atoms with Crippen molar-refractivity contribution < 1.29 is 4.74 Å². The number of hydrogen-bond acceptors (Lipinski definition) is 2. The van der Waals surface area contributed by atoms with Crippen molar-refractivity contribution >= 4 is 0 Å². The molecule has 0 saturated carbocycles. The summed E-state index contributed by atoms with van der Waals surface area (Å²) in [5.41, 5.74) is 5.47. The van der Waals surface area contributed by atoms with Crippen LogP contribution in [0.1, 0.15) is 78.1 Å². The fraction of sp³-hybridized carbons (Fsp3) is 0.875. The Kier molecular flexibility index (Phi) is 12.6. The van der Waals surface area contributed by atoms with Crippen LogP contribution in [0.15, 0.2) is 12.3 Å². The minimum Gasteiger partial charge on any atom is -0.495 e. The van der Waals surface area contributed by atoms with Gasteiger partial charge < -0.3 is 10.5 Å². The fourth-order valence-corrected chi connectivity index (χ4v) is 2.08. The highest BCUT2D eigenvalue weighted by Gasteiger charge is 2.08. The Bertz CT molecular complexity index is 192. The zero-order chi connectivity index (χ0) is 13.6. The molecule has 2 nitrogen and oxygen atoms in total. The summed E-state index contributed by atoms with van der Waals surface area (Å²) in [5.74, 6) is 0.978. The van der Waals surface area contributed by atoms with E-state index < -0.39 is 0 Å². The molecule has 0 fully saturated rings. The molecule has 2 N–H and O–H groups in total. The van der Waals surface area contributed by atoms with Crippen LogP contribution in [0.25, 0.3) is 0 Å². The minimum absolute atomic E-state index is 0.382. The number of ether oxygens (including phenoxy) is 1. The molecule has 0 amide bonds. The molecule has 0 saturated heterocycles. The fourth-order valence-electron chi connectivity index (χ4n) is 2.08. The van der Waals surface area contributed by atoms with Gasteiger partial charge in [0, 0.05) is 6.42 Å². The third kappa shape index (κ3) is 10.6. The highest BCUT2D eigenvalue weighted by molar-refractivity contribution is 4.83. The molecule has 0 aromatic carbocycles. The van der Waals surface area contributed by atoms with E-state index in [-0.39, 0.29) is 0 Å². The lowest BCUT2D eigenvalue weighted by molar-refractivity contribution is 0.0962. The van der Waals surface area contributed by atoms with Crippen LogP contribution in [0, 0.1) is 0 Å². The van der Waals surface area contributed by atoms with E-state index in [1.54, 1.807) is 0 Å². The van der Waals surface area contributed by atoms with Gasteiger partial charge in [-0.1, -0.05) is 46.1 Å². The summed E-state index contributed by atoms with van der Waals surface area (Å²) < 4.78 is 5.93. The van der Waals surface area contributed by atoms with E-state index in [9.17, 15) is 0 Å². The van der Waals surface area contributed by atoms with Crippen molar-refractivity contribution in [2.45, 2.75) is 84.2 Å². The van der Waals surface area contributed by atoms with Gasteiger partial charge in [-0.15, -0.1) is 0 Å². The van der Waals surface area contributed by atoms with Crippen LogP contribution in [0.3, 0.4) is 0 Å². The maximum atomic E-state index is 5.93. The van der Waals surface area contributed by atoms with Crippen LogP contribution in [0.2, 0.25) is 0 Å². The van der Waals surface area contributed by atoms with E-state index in [2.05, 4.69) is 20.4 Å². The lowest BCUT2D eigenvalue weighted by Gasteiger charge is -2.19. The molecule has 0 aromatic heterocycles. The average molecular weight is 255 g/mol. The van der Waals surface area contributed by atoms with Gasteiger partial charge in [-0.25, -0.2) is 0 Å². The Morgan fingerprint density at radius 3 is 2.39 bits per heavy atom. The van der Waals surface area contributed by atoms with E-state index >= 15 is 0 Å². The predicted octanol–water partition coefficient (Wildman–Crippen LogP) is 4.78. The van der Waals surface area contributed by atoms with Gasteiger partial charge in [0.1, 0.15) is 0 Å². The van der Waals surface area contributed by atoms with Crippen molar-refractivity contribution in [3.8, 4) is 0 Å². The van der Waals surface area contributed by atoms with Crippen LogP contribution < -0.4 is 5.73 Å². The van der Waals surface area contributed by atoms with Gasteiger partial charge in [0.25, 0.3) is 0 Å². The average Bonchev–Trinajstić information content (AvgIpc) is 2.37. The third-order valence-electron chi connectivity index (χ3n) is 3.33. The van der Waals surface area contributed by atoms with Gasteiger partial charge in [-0.2, -0.15) is 0 Å². The second-order valence-electron chi connectivity index (χ2n) is 5.14. The molecule has 0 rings (SSSR count). The van der Waals surface area contributed by atoms with Crippen LogP contribution in [-0.2, 0) is 4.74 Å². The van der Waals surface area contributed by atoms with Gasteiger partial charge in [0.05, 0.1) is 11.9 Å². The first-order valence-electron chi connectivity index (χ1n) is 7.79. The zero-order valence-corrected chi connectivity index (χ0v) is 12.5. The number of unbranched alkanes of at least 4 members (excludes halogenated alkanes) is 5. The van der Waals surface area contributed by atoms with Crippen molar-refractivity contribution in [1.82, 2.24) is 0 Å². The van der Waals surface area contributed by atoms with Gasteiger partial charge in [0.15, 0.2) is 0 Å². The Morgan fingerprint density at radius 2 is 1.78 bits per heavy atom. The van der Waals surface area contributed by atoms with Gasteiger partial charge in [-0.05, 0) is 38.6 Å². The second-order valence-corrected chi connectivity index (χ2v) is 5.14. The monoisotopic (exact) mass is 255 g/mol. The molecule has 0 spiro atoms. The van der Waals surface area contributed by atoms with Gasteiger partial charge in [-0.3, -0.25) is 0 Å². The van der Waals surface area contributed by atoms with Crippen molar-refractivity contribution in [3.63, 3.8) is 0 Å². The van der Waals surface area contributed by atoms with Crippen LogP contribution in [0.5, 0.6) is 0 Å². The Labute approximate surface area is 114 Å². The van der Waals surface area contributed by atoms with Crippen LogP contribution in [-0.4, -0.2) is 12.6 Å². The summed E-state index contributed by atoms with van der Waals surface area (Å²) in [6, 6.07) is 0. The summed E-state index contributed by atoms with van der Waals surface area (Å²) in [6.45, 7) is 9.29. The normalized spacial score (nSPS) is 12.4. The molecule has 108 valence electrons. The number of rotatable bonds is 13. The molecule has 0 heterocycles. The quantitative estimate of drug-likeness (QED) is 0.379. The number of allylic oxidation sites excluding steroid dienone is 1. The molecule has 1 unspecified atom stereocenters. The molecular weight excluding hydrogens is 222 g/mol. The lowest BCUT2D eigenvalue weighted by atomic mass is 10.1. The molecule has 18 heavy (non-hydrogen) atoms. The summed E-state index contributed by atoms with van der Waals surface area (Å²) in [6.07, 6.45) is 12.3. The second kappa shape index (κ2) is 12.9. The molecular formula is C16H33NO. The maximum absolute atomic E-state index is 5.93. The smallest absolute Gasteiger partial charge is 0.0979 e. The predicted molar refractivity (Wildman–Crippen MR) is 80.6 cm³/mol. The first-order valence-corrected chi connectivity index (χ1v) is 7.79. The summed E-state index contributed by atoms with van der Waals surface area (Å²) in [4.78, 5) is 0.